The van der Waals surface area contributed by atoms with E-state index in [0.717, 1.165) is 12.3 Å². The number of carbonyl (C=O) groups is 1. The Labute approximate surface area is 228 Å². The van der Waals surface area contributed by atoms with Crippen molar-refractivity contribution in [1.29, 1.82) is 0 Å². The average Bonchev–Trinajstić information content (AvgIpc) is 3.21. The zero-order chi connectivity index (χ0) is 26.3. The molecule has 204 valence electrons. The van der Waals surface area contributed by atoms with Gasteiger partial charge in [-0.15, -0.1) is 0 Å². The number of aliphatic hydroxyl groups is 1. The number of allylic oxidation sites excluding steroid dienone is 1. The lowest BCUT2D eigenvalue weighted by Crippen LogP contribution is -2.66. The number of esters is 1. The summed E-state index contributed by atoms with van der Waals surface area (Å²) in [6, 6.07) is 0. The van der Waals surface area contributed by atoms with E-state index in [1.165, 1.54) is 63.4 Å². The number of rotatable bonds is 4. The van der Waals surface area contributed by atoms with Crippen molar-refractivity contribution in [2.24, 2.45) is 56.7 Å². The van der Waals surface area contributed by atoms with Crippen LogP contribution in [0.4, 0.5) is 0 Å². The SMILES string of the molecule is C=C(C)[C@@H]1CC[C@]2(COC(=O)CBr)CC[C@]3(C)[C@H](CC[C@@H]4[C@@]5(C)CCC(O)C(C)(C)[C@@H]5CC[C@]43C)[C@@H]12. The summed E-state index contributed by atoms with van der Waals surface area (Å²) in [6.07, 6.45) is 11.9. The first-order valence-electron chi connectivity index (χ1n) is 14.8. The van der Waals surface area contributed by atoms with Crippen LogP contribution in [0.2, 0.25) is 0 Å². The third-order valence-electron chi connectivity index (χ3n) is 13.8. The highest BCUT2D eigenvalue weighted by Crippen LogP contribution is 2.77. The summed E-state index contributed by atoms with van der Waals surface area (Å²) in [4.78, 5) is 12.2. The molecule has 0 saturated heterocycles. The molecule has 5 aliphatic rings. The van der Waals surface area contributed by atoms with Crippen molar-refractivity contribution in [2.45, 2.75) is 112 Å². The van der Waals surface area contributed by atoms with Gasteiger partial charge in [0.15, 0.2) is 0 Å². The lowest BCUT2D eigenvalue weighted by Gasteiger charge is -2.73. The van der Waals surface area contributed by atoms with Gasteiger partial charge < -0.3 is 9.84 Å². The molecule has 0 radical (unpaired) electrons. The van der Waals surface area contributed by atoms with Crippen LogP contribution in [0.25, 0.3) is 0 Å². The summed E-state index contributed by atoms with van der Waals surface area (Å²) in [7, 11) is 0. The van der Waals surface area contributed by atoms with Gasteiger partial charge in [-0.05, 0) is 122 Å². The number of ether oxygens (including phenoxy) is 1. The molecule has 36 heavy (non-hydrogen) atoms. The van der Waals surface area contributed by atoms with Crippen molar-refractivity contribution in [3.63, 3.8) is 0 Å². The van der Waals surface area contributed by atoms with E-state index in [4.69, 9.17) is 4.74 Å². The summed E-state index contributed by atoms with van der Waals surface area (Å²) in [5, 5.41) is 11.2. The standard InChI is InChI=1S/C32H51BrO3/c1-20(2)21-10-15-32(19-36-26(35)18-33)17-16-30(6)22(27(21)32)8-9-24-29(5)13-12-25(34)28(3,4)23(29)11-14-31(24,30)7/h21-25,27,34H,1,8-19H2,2-7H3/t21-,22+,23-,24+,25?,27+,29-,30+,31+,32+/m0/s1. The number of halogens is 1. The van der Waals surface area contributed by atoms with Crippen LogP contribution >= 0.6 is 15.9 Å². The van der Waals surface area contributed by atoms with Gasteiger partial charge in [-0.25, -0.2) is 0 Å². The normalized spacial score (nSPS) is 51.3. The molecular weight excluding hydrogens is 512 g/mol. The van der Waals surface area contributed by atoms with E-state index in [1.54, 1.807) is 0 Å². The van der Waals surface area contributed by atoms with Gasteiger partial charge in [0.2, 0.25) is 0 Å². The first-order valence-corrected chi connectivity index (χ1v) is 15.9. The largest absolute Gasteiger partial charge is 0.464 e. The molecule has 0 heterocycles. The Hall–Kier alpha value is -0.350. The lowest BCUT2D eigenvalue weighted by atomic mass is 9.32. The van der Waals surface area contributed by atoms with E-state index in [1.807, 2.05) is 0 Å². The number of carbonyl (C=O) groups excluding carboxylic acids is 1. The van der Waals surface area contributed by atoms with Crippen LogP contribution in [0.5, 0.6) is 0 Å². The van der Waals surface area contributed by atoms with E-state index in [9.17, 15) is 9.90 Å². The smallest absolute Gasteiger partial charge is 0.316 e. The van der Waals surface area contributed by atoms with Crippen molar-refractivity contribution < 1.29 is 14.6 Å². The predicted octanol–water partition coefficient (Wildman–Crippen LogP) is 7.94. The number of alkyl halides is 1. The summed E-state index contributed by atoms with van der Waals surface area (Å²) in [5.74, 6) is 2.99. The first-order chi connectivity index (χ1) is 16.8. The number of aliphatic hydroxyl groups excluding tert-OH is 1. The fraction of sp³-hybridized carbons (Fsp3) is 0.906. The van der Waals surface area contributed by atoms with Crippen LogP contribution in [0, 0.1) is 56.7 Å². The van der Waals surface area contributed by atoms with Gasteiger partial charge in [0.25, 0.3) is 0 Å². The molecule has 0 aromatic rings. The van der Waals surface area contributed by atoms with Gasteiger partial charge in [0.1, 0.15) is 5.33 Å². The fourth-order valence-corrected chi connectivity index (χ4v) is 11.9. The molecule has 0 amide bonds. The number of fused-ring (bicyclic) bond motifs is 7. The van der Waals surface area contributed by atoms with Crippen molar-refractivity contribution in [3.8, 4) is 0 Å². The minimum absolute atomic E-state index is 0.00357. The summed E-state index contributed by atoms with van der Waals surface area (Å²) >= 11 is 3.29. The maximum absolute atomic E-state index is 12.2. The monoisotopic (exact) mass is 562 g/mol. The minimum Gasteiger partial charge on any atom is -0.464 e. The Kier molecular flexibility index (Phi) is 6.68. The Morgan fingerprint density at radius 1 is 0.917 bits per heavy atom. The Morgan fingerprint density at radius 2 is 1.64 bits per heavy atom. The second-order valence-electron chi connectivity index (χ2n) is 15.2. The zero-order valence-electron chi connectivity index (χ0n) is 23.8. The third-order valence-corrected chi connectivity index (χ3v) is 14.3. The molecule has 1 N–H and O–H groups in total. The van der Waals surface area contributed by atoms with E-state index < -0.39 is 0 Å². The number of hydrogen-bond donors (Lipinski definition) is 1. The summed E-state index contributed by atoms with van der Waals surface area (Å²) in [6.45, 7) is 19.9. The molecule has 5 fully saturated rings. The van der Waals surface area contributed by atoms with Crippen molar-refractivity contribution in [1.82, 2.24) is 0 Å². The topological polar surface area (TPSA) is 46.5 Å². The minimum atomic E-state index is -0.167. The van der Waals surface area contributed by atoms with Gasteiger partial charge in [0, 0.05) is 5.41 Å². The van der Waals surface area contributed by atoms with E-state index in [2.05, 4.69) is 64.1 Å². The zero-order valence-corrected chi connectivity index (χ0v) is 25.4. The highest BCUT2D eigenvalue weighted by Gasteiger charge is 2.70. The summed E-state index contributed by atoms with van der Waals surface area (Å²) < 4.78 is 5.89. The van der Waals surface area contributed by atoms with Crippen LogP contribution in [-0.4, -0.2) is 29.1 Å². The molecule has 5 aliphatic carbocycles. The van der Waals surface area contributed by atoms with E-state index in [0.29, 0.717) is 46.5 Å². The molecule has 5 rings (SSSR count). The Balaban J connectivity index is 1.51. The van der Waals surface area contributed by atoms with Crippen molar-refractivity contribution >= 4 is 21.9 Å². The molecule has 0 bridgehead atoms. The first kappa shape index (κ1) is 27.2. The predicted molar refractivity (Wildman–Crippen MR) is 150 cm³/mol. The van der Waals surface area contributed by atoms with Crippen molar-refractivity contribution in [3.05, 3.63) is 12.2 Å². The molecule has 3 nitrogen and oxygen atoms in total. The van der Waals surface area contributed by atoms with Crippen LogP contribution in [0.1, 0.15) is 106 Å². The van der Waals surface area contributed by atoms with Gasteiger partial charge >= 0.3 is 5.97 Å². The highest BCUT2D eigenvalue weighted by atomic mass is 79.9. The van der Waals surface area contributed by atoms with Gasteiger partial charge in [-0.1, -0.05) is 62.7 Å². The molecule has 4 heteroatoms. The van der Waals surface area contributed by atoms with Crippen molar-refractivity contribution in [2.75, 3.05) is 11.9 Å². The molecule has 0 spiro atoms. The molecule has 10 atom stereocenters. The molecule has 0 aromatic heterocycles. The molecule has 5 saturated carbocycles. The third kappa shape index (κ3) is 3.54. The molecule has 1 unspecified atom stereocenters. The van der Waals surface area contributed by atoms with Crippen LogP contribution < -0.4 is 0 Å². The Morgan fingerprint density at radius 3 is 2.31 bits per heavy atom. The quantitative estimate of drug-likeness (QED) is 0.215. The highest BCUT2D eigenvalue weighted by molar-refractivity contribution is 9.09. The van der Waals surface area contributed by atoms with Gasteiger partial charge in [-0.3, -0.25) is 4.79 Å². The second-order valence-corrected chi connectivity index (χ2v) is 15.8. The maximum Gasteiger partial charge on any atom is 0.316 e. The number of hydrogen-bond acceptors (Lipinski definition) is 3. The maximum atomic E-state index is 12.2. The van der Waals surface area contributed by atoms with E-state index in [-0.39, 0.29) is 28.2 Å². The Bertz CT molecular complexity index is 913. The van der Waals surface area contributed by atoms with Gasteiger partial charge in [0.05, 0.1) is 12.7 Å². The molecule has 0 aliphatic heterocycles. The molecular formula is C32H51BrO3. The second kappa shape index (κ2) is 8.83. The van der Waals surface area contributed by atoms with Gasteiger partial charge in [-0.2, -0.15) is 0 Å². The van der Waals surface area contributed by atoms with Crippen LogP contribution in [-0.2, 0) is 9.53 Å². The lowest BCUT2D eigenvalue weighted by molar-refractivity contribution is -0.249. The molecule has 0 aromatic carbocycles. The summed E-state index contributed by atoms with van der Waals surface area (Å²) in [5.41, 5.74) is 2.39. The van der Waals surface area contributed by atoms with Crippen LogP contribution in [0.3, 0.4) is 0 Å². The van der Waals surface area contributed by atoms with Crippen LogP contribution in [0.15, 0.2) is 12.2 Å². The van der Waals surface area contributed by atoms with E-state index >= 15 is 0 Å². The fourth-order valence-electron chi connectivity index (χ4n) is 11.8. The average molecular weight is 564 g/mol.